The van der Waals surface area contributed by atoms with Gasteiger partial charge in [-0.05, 0) is 33.1 Å². The zero-order valence-electron chi connectivity index (χ0n) is 12.2. The molecule has 5 nitrogen and oxygen atoms in total. The second-order valence-electron chi connectivity index (χ2n) is 5.56. The molecule has 0 aromatic rings. The summed E-state index contributed by atoms with van der Waals surface area (Å²) >= 11 is 0. The SMILES string of the molecule is CC(C)=CC/C=C(\C)[C@H]1CN[C@H](C(=O)O)[C@H]1CC(=O)O. The van der Waals surface area contributed by atoms with E-state index in [0.29, 0.717) is 6.54 Å². The summed E-state index contributed by atoms with van der Waals surface area (Å²) in [5.74, 6) is -2.35. The Hall–Kier alpha value is -1.62. The van der Waals surface area contributed by atoms with Gasteiger partial charge in [-0.15, -0.1) is 0 Å². The lowest BCUT2D eigenvalue weighted by Crippen LogP contribution is -2.36. The van der Waals surface area contributed by atoms with Gasteiger partial charge < -0.3 is 15.5 Å². The van der Waals surface area contributed by atoms with Gasteiger partial charge in [-0.25, -0.2) is 0 Å². The van der Waals surface area contributed by atoms with Crippen LogP contribution in [0.4, 0.5) is 0 Å². The van der Waals surface area contributed by atoms with Crippen LogP contribution >= 0.6 is 0 Å². The predicted octanol–water partition coefficient (Wildman–Crippen LogP) is 2.05. The fourth-order valence-corrected chi connectivity index (χ4v) is 2.65. The number of hydrogen-bond donors (Lipinski definition) is 3. The van der Waals surface area contributed by atoms with Crippen LogP contribution in [0.3, 0.4) is 0 Å². The van der Waals surface area contributed by atoms with Crippen molar-refractivity contribution in [3.63, 3.8) is 0 Å². The number of carboxylic acid groups (broad SMARTS) is 2. The molecule has 1 aliphatic heterocycles. The number of carboxylic acids is 2. The van der Waals surface area contributed by atoms with Crippen molar-refractivity contribution in [2.24, 2.45) is 11.8 Å². The van der Waals surface area contributed by atoms with Crippen LogP contribution in [0.15, 0.2) is 23.3 Å². The average molecular weight is 281 g/mol. The van der Waals surface area contributed by atoms with Crippen LogP contribution in [0.5, 0.6) is 0 Å². The molecule has 0 unspecified atom stereocenters. The van der Waals surface area contributed by atoms with E-state index in [1.54, 1.807) is 0 Å². The second-order valence-corrected chi connectivity index (χ2v) is 5.56. The van der Waals surface area contributed by atoms with E-state index in [0.717, 1.165) is 12.0 Å². The minimum atomic E-state index is -0.976. The van der Waals surface area contributed by atoms with Crippen molar-refractivity contribution < 1.29 is 19.8 Å². The van der Waals surface area contributed by atoms with Crippen LogP contribution in [-0.2, 0) is 9.59 Å². The molecule has 0 aliphatic carbocycles. The van der Waals surface area contributed by atoms with E-state index >= 15 is 0 Å². The minimum absolute atomic E-state index is 0.0298. The molecule has 20 heavy (non-hydrogen) atoms. The summed E-state index contributed by atoms with van der Waals surface area (Å²) in [6.07, 6.45) is 4.82. The quantitative estimate of drug-likeness (QED) is 0.649. The van der Waals surface area contributed by atoms with Crippen molar-refractivity contribution in [2.45, 2.75) is 39.7 Å². The van der Waals surface area contributed by atoms with Gasteiger partial charge in [0.25, 0.3) is 0 Å². The van der Waals surface area contributed by atoms with Crippen LogP contribution < -0.4 is 5.32 Å². The largest absolute Gasteiger partial charge is 0.481 e. The first-order valence-electron chi connectivity index (χ1n) is 6.81. The molecule has 112 valence electrons. The summed E-state index contributed by atoms with van der Waals surface area (Å²) in [6, 6.07) is -0.775. The van der Waals surface area contributed by atoms with Gasteiger partial charge >= 0.3 is 11.9 Å². The van der Waals surface area contributed by atoms with Gasteiger partial charge in [0.15, 0.2) is 0 Å². The molecule has 0 radical (unpaired) electrons. The third-order valence-electron chi connectivity index (χ3n) is 3.73. The molecule has 1 rings (SSSR count). The molecule has 1 heterocycles. The van der Waals surface area contributed by atoms with Crippen molar-refractivity contribution >= 4 is 11.9 Å². The Morgan fingerprint density at radius 1 is 1.20 bits per heavy atom. The number of nitrogens with one attached hydrogen (secondary N) is 1. The highest BCUT2D eigenvalue weighted by molar-refractivity contribution is 5.76. The summed E-state index contributed by atoms with van der Waals surface area (Å²) in [5.41, 5.74) is 2.29. The molecule has 0 spiro atoms. The van der Waals surface area contributed by atoms with E-state index < -0.39 is 23.9 Å². The Balaban J connectivity index is 2.83. The number of aliphatic carboxylic acids is 2. The van der Waals surface area contributed by atoms with E-state index in [4.69, 9.17) is 10.2 Å². The number of hydrogen-bond acceptors (Lipinski definition) is 3. The summed E-state index contributed by atoms with van der Waals surface area (Å²) in [5, 5.41) is 21.1. The first kappa shape index (κ1) is 16.4. The van der Waals surface area contributed by atoms with Crippen molar-refractivity contribution in [1.29, 1.82) is 0 Å². The molecule has 0 saturated carbocycles. The van der Waals surface area contributed by atoms with Gasteiger partial charge in [0.2, 0.25) is 0 Å². The fraction of sp³-hybridized carbons (Fsp3) is 0.600. The number of carbonyl (C=O) groups is 2. The molecule has 3 N–H and O–H groups in total. The highest BCUT2D eigenvalue weighted by atomic mass is 16.4. The lowest BCUT2D eigenvalue weighted by Gasteiger charge is -2.20. The van der Waals surface area contributed by atoms with Crippen LogP contribution in [0.2, 0.25) is 0 Å². The molecule has 0 bridgehead atoms. The molecule has 1 aliphatic rings. The molecule has 1 fully saturated rings. The first-order valence-corrected chi connectivity index (χ1v) is 6.81. The third-order valence-corrected chi connectivity index (χ3v) is 3.73. The number of allylic oxidation sites excluding steroid dienone is 3. The molecule has 0 aromatic carbocycles. The highest BCUT2D eigenvalue weighted by Crippen LogP contribution is 2.31. The highest BCUT2D eigenvalue weighted by Gasteiger charge is 2.41. The van der Waals surface area contributed by atoms with E-state index in [-0.39, 0.29) is 12.3 Å². The zero-order chi connectivity index (χ0) is 15.3. The van der Waals surface area contributed by atoms with Gasteiger partial charge in [-0.2, -0.15) is 0 Å². The molecule has 0 aromatic heterocycles. The monoisotopic (exact) mass is 281 g/mol. The molecule has 0 amide bonds. The topological polar surface area (TPSA) is 86.6 Å². The van der Waals surface area contributed by atoms with Crippen molar-refractivity contribution in [3.8, 4) is 0 Å². The van der Waals surface area contributed by atoms with Crippen LogP contribution in [0, 0.1) is 11.8 Å². The predicted molar refractivity (Wildman–Crippen MR) is 76.5 cm³/mol. The van der Waals surface area contributed by atoms with E-state index in [9.17, 15) is 9.59 Å². The standard InChI is InChI=1S/C15H23NO4/c1-9(2)5-4-6-10(3)12-8-16-14(15(19)20)11(12)7-13(17)18/h5-6,11-12,14,16H,4,7-8H2,1-3H3,(H,17,18)(H,19,20)/b10-6+/t11-,12+,14-/m0/s1. The normalized spacial score (nSPS) is 26.4. The van der Waals surface area contributed by atoms with Gasteiger partial charge in [-0.3, -0.25) is 9.59 Å². The maximum Gasteiger partial charge on any atom is 0.321 e. The van der Waals surface area contributed by atoms with Crippen LogP contribution in [-0.4, -0.2) is 34.7 Å². The zero-order valence-corrected chi connectivity index (χ0v) is 12.2. The fourth-order valence-electron chi connectivity index (χ4n) is 2.65. The van der Waals surface area contributed by atoms with E-state index in [1.165, 1.54) is 5.57 Å². The molecule has 1 saturated heterocycles. The Morgan fingerprint density at radius 2 is 1.85 bits per heavy atom. The first-order chi connectivity index (χ1) is 9.32. The van der Waals surface area contributed by atoms with Crippen molar-refractivity contribution in [2.75, 3.05) is 6.54 Å². The van der Waals surface area contributed by atoms with E-state index in [1.807, 2.05) is 20.8 Å². The smallest absolute Gasteiger partial charge is 0.321 e. The Labute approximate surface area is 119 Å². The maximum atomic E-state index is 11.2. The minimum Gasteiger partial charge on any atom is -0.481 e. The van der Waals surface area contributed by atoms with Gasteiger partial charge in [0, 0.05) is 12.5 Å². The van der Waals surface area contributed by atoms with Crippen LogP contribution in [0.25, 0.3) is 0 Å². The van der Waals surface area contributed by atoms with E-state index in [2.05, 4.69) is 17.5 Å². The summed E-state index contributed by atoms with van der Waals surface area (Å²) in [6.45, 7) is 6.51. The summed E-state index contributed by atoms with van der Waals surface area (Å²) in [7, 11) is 0. The molecule has 5 heteroatoms. The Morgan fingerprint density at radius 3 is 2.35 bits per heavy atom. The summed E-state index contributed by atoms with van der Waals surface area (Å²) < 4.78 is 0. The molecular weight excluding hydrogens is 258 g/mol. The number of rotatable bonds is 6. The average Bonchev–Trinajstić information content (AvgIpc) is 2.71. The summed E-state index contributed by atoms with van der Waals surface area (Å²) in [4.78, 5) is 22.1. The third kappa shape index (κ3) is 4.49. The lowest BCUT2D eigenvalue weighted by atomic mass is 9.83. The maximum absolute atomic E-state index is 11.2. The second kappa shape index (κ2) is 7.24. The van der Waals surface area contributed by atoms with Crippen LogP contribution in [0.1, 0.15) is 33.6 Å². The van der Waals surface area contributed by atoms with Gasteiger partial charge in [-0.1, -0.05) is 23.3 Å². The molecule has 3 atom stereocenters. The van der Waals surface area contributed by atoms with Crippen molar-refractivity contribution in [1.82, 2.24) is 5.32 Å². The van der Waals surface area contributed by atoms with Gasteiger partial charge in [0.05, 0.1) is 6.42 Å². The Bertz CT molecular complexity index is 435. The Kier molecular flexibility index (Phi) is 5.95. The lowest BCUT2D eigenvalue weighted by molar-refractivity contribution is -0.142. The molecular formula is C15H23NO4. The van der Waals surface area contributed by atoms with Gasteiger partial charge in [0.1, 0.15) is 6.04 Å². The van der Waals surface area contributed by atoms with Crippen molar-refractivity contribution in [3.05, 3.63) is 23.3 Å².